The zero-order chi connectivity index (χ0) is 24.0. The fraction of sp³-hybridized carbons (Fsp3) is 0.320. The molecule has 4 N–H and O–H groups in total. The highest BCUT2D eigenvalue weighted by Gasteiger charge is 2.23. The van der Waals surface area contributed by atoms with Crippen LogP contribution >= 0.6 is 0 Å². The molecule has 0 aliphatic rings. The van der Waals surface area contributed by atoms with E-state index in [4.69, 9.17) is 10.2 Å². The van der Waals surface area contributed by atoms with Crippen LogP contribution in [0.15, 0.2) is 42.0 Å². The Balaban J connectivity index is 2.25. The van der Waals surface area contributed by atoms with E-state index in [0.29, 0.717) is 11.6 Å². The summed E-state index contributed by atoms with van der Waals surface area (Å²) in [6.45, 7) is 9.68. The Labute approximate surface area is 188 Å². The molecular formula is C25H30N2O5. The minimum absolute atomic E-state index is 0.293. The summed E-state index contributed by atoms with van der Waals surface area (Å²) >= 11 is 0. The molecule has 0 unspecified atom stereocenters. The quantitative estimate of drug-likeness (QED) is 0.435. The number of amides is 1. The summed E-state index contributed by atoms with van der Waals surface area (Å²) in [5, 5.41) is 23.6. The summed E-state index contributed by atoms with van der Waals surface area (Å²) < 4.78 is 0. The van der Waals surface area contributed by atoms with Crippen LogP contribution in [0.2, 0.25) is 0 Å². The van der Waals surface area contributed by atoms with E-state index < -0.39 is 30.3 Å². The molecule has 0 radical (unpaired) electrons. The van der Waals surface area contributed by atoms with Crippen LogP contribution in [0.1, 0.15) is 43.9 Å². The van der Waals surface area contributed by atoms with Gasteiger partial charge in [0.15, 0.2) is 0 Å². The molecule has 1 atom stereocenters. The molecule has 0 aromatic heterocycles. The number of aliphatic carboxylic acids is 2. The van der Waals surface area contributed by atoms with Gasteiger partial charge < -0.3 is 20.8 Å². The van der Waals surface area contributed by atoms with Gasteiger partial charge in [0.05, 0.1) is 6.42 Å². The Kier molecular flexibility index (Phi) is 8.18. The molecule has 2 rings (SSSR count). The zero-order valence-electron chi connectivity index (χ0n) is 19.0. The minimum atomic E-state index is -1.48. The number of carbonyl (C=O) groups excluding carboxylic acids is 1. The van der Waals surface area contributed by atoms with Crippen LogP contribution in [-0.4, -0.2) is 40.1 Å². The molecule has 0 saturated heterocycles. The highest BCUT2D eigenvalue weighted by Crippen LogP contribution is 2.29. The van der Waals surface area contributed by atoms with E-state index in [9.17, 15) is 14.4 Å². The van der Waals surface area contributed by atoms with Crippen LogP contribution in [0.4, 0.5) is 5.69 Å². The number of anilines is 1. The van der Waals surface area contributed by atoms with E-state index in [-0.39, 0.29) is 0 Å². The lowest BCUT2D eigenvalue weighted by atomic mass is 9.94. The topological polar surface area (TPSA) is 116 Å². The van der Waals surface area contributed by atoms with E-state index in [1.807, 2.05) is 32.0 Å². The summed E-state index contributed by atoms with van der Waals surface area (Å²) in [7, 11) is 0. The predicted molar refractivity (Wildman–Crippen MR) is 126 cm³/mol. The monoisotopic (exact) mass is 438 g/mol. The summed E-state index contributed by atoms with van der Waals surface area (Å²) in [6, 6.07) is 11.1. The SMILES string of the molecule is C/C(=C\c1cc(C)c(-c2ccc(NC(C)C)cc2)cc1C)C(=O)N[C@H](CC(=O)O)C(=O)O. The van der Waals surface area contributed by atoms with Crippen molar-refractivity contribution in [3.8, 4) is 11.1 Å². The molecule has 0 aliphatic heterocycles. The summed E-state index contributed by atoms with van der Waals surface area (Å²) in [4.78, 5) is 34.4. The average Bonchev–Trinajstić information content (AvgIpc) is 2.69. The van der Waals surface area contributed by atoms with E-state index in [1.165, 1.54) is 0 Å². The lowest BCUT2D eigenvalue weighted by molar-refractivity contribution is -0.146. The standard InChI is InChI=1S/C25H30N2O5/c1-14(2)26-20-8-6-18(7-9-20)21-12-15(3)19(10-16(21)4)11-17(5)24(30)27-22(25(31)32)13-23(28)29/h6-12,14,22,26H,13H2,1-5H3,(H,27,30)(H,28,29)(H,31,32)/b17-11+/t22-/m1/s1. The van der Waals surface area contributed by atoms with Crippen molar-refractivity contribution < 1.29 is 24.6 Å². The fourth-order valence-electron chi connectivity index (χ4n) is 3.33. The number of aryl methyl sites for hydroxylation is 2. The number of nitrogens with one attached hydrogen (secondary N) is 2. The van der Waals surface area contributed by atoms with Crippen molar-refractivity contribution in [2.75, 3.05) is 5.32 Å². The third-order valence-electron chi connectivity index (χ3n) is 4.98. The normalized spacial score (nSPS) is 12.4. The highest BCUT2D eigenvalue weighted by molar-refractivity contribution is 6.00. The van der Waals surface area contributed by atoms with Crippen LogP contribution in [0, 0.1) is 13.8 Å². The first-order chi connectivity index (χ1) is 15.0. The Bertz CT molecular complexity index is 1040. The van der Waals surface area contributed by atoms with Crippen molar-refractivity contribution in [1.29, 1.82) is 0 Å². The van der Waals surface area contributed by atoms with Crippen molar-refractivity contribution >= 4 is 29.6 Å². The van der Waals surface area contributed by atoms with Crippen molar-refractivity contribution in [3.63, 3.8) is 0 Å². The molecule has 0 saturated carbocycles. The number of carboxylic acid groups (broad SMARTS) is 2. The molecule has 0 fully saturated rings. The van der Waals surface area contributed by atoms with Crippen molar-refractivity contribution in [3.05, 3.63) is 58.7 Å². The lowest BCUT2D eigenvalue weighted by Gasteiger charge is -2.14. The minimum Gasteiger partial charge on any atom is -0.481 e. The third-order valence-corrected chi connectivity index (χ3v) is 4.98. The van der Waals surface area contributed by atoms with Gasteiger partial charge >= 0.3 is 11.9 Å². The van der Waals surface area contributed by atoms with Gasteiger partial charge in [-0.05, 0) is 80.6 Å². The molecule has 170 valence electrons. The van der Waals surface area contributed by atoms with Crippen molar-refractivity contribution in [2.24, 2.45) is 0 Å². The maximum Gasteiger partial charge on any atom is 0.326 e. The zero-order valence-corrected chi connectivity index (χ0v) is 19.0. The van der Waals surface area contributed by atoms with E-state index in [0.717, 1.165) is 33.5 Å². The number of hydrogen-bond donors (Lipinski definition) is 4. The smallest absolute Gasteiger partial charge is 0.326 e. The van der Waals surface area contributed by atoms with Gasteiger partial charge in [-0.25, -0.2) is 4.79 Å². The Morgan fingerprint density at radius 1 is 1.00 bits per heavy atom. The van der Waals surface area contributed by atoms with E-state index >= 15 is 0 Å². The van der Waals surface area contributed by atoms with Crippen LogP contribution in [-0.2, 0) is 14.4 Å². The second-order valence-corrected chi connectivity index (χ2v) is 8.19. The lowest BCUT2D eigenvalue weighted by Crippen LogP contribution is -2.42. The first-order valence-corrected chi connectivity index (χ1v) is 10.4. The van der Waals surface area contributed by atoms with Crippen molar-refractivity contribution in [1.82, 2.24) is 5.32 Å². The Morgan fingerprint density at radius 2 is 1.62 bits per heavy atom. The second-order valence-electron chi connectivity index (χ2n) is 8.19. The first kappa shape index (κ1) is 24.7. The van der Waals surface area contributed by atoms with Crippen molar-refractivity contribution in [2.45, 2.75) is 53.1 Å². The van der Waals surface area contributed by atoms with Gasteiger partial charge in [0.1, 0.15) is 6.04 Å². The van der Waals surface area contributed by atoms with E-state index in [2.05, 4.69) is 42.7 Å². The maximum absolute atomic E-state index is 12.4. The third kappa shape index (κ3) is 6.70. The molecule has 7 nitrogen and oxygen atoms in total. The summed E-state index contributed by atoms with van der Waals surface area (Å²) in [6.07, 6.45) is 0.990. The van der Waals surface area contributed by atoms with Gasteiger partial charge in [0.2, 0.25) is 5.91 Å². The van der Waals surface area contributed by atoms with Gasteiger partial charge in [-0.1, -0.05) is 24.3 Å². The van der Waals surface area contributed by atoms with Crippen LogP contribution in [0.25, 0.3) is 17.2 Å². The number of carbonyl (C=O) groups is 3. The van der Waals surface area contributed by atoms with Gasteiger partial charge in [-0.2, -0.15) is 0 Å². The summed E-state index contributed by atoms with van der Waals surface area (Å²) in [5.74, 6) is -3.30. The molecular weight excluding hydrogens is 408 g/mol. The number of benzene rings is 2. The molecule has 2 aromatic rings. The molecule has 0 aliphatic carbocycles. The predicted octanol–water partition coefficient (Wildman–Crippen LogP) is 4.24. The summed E-state index contributed by atoms with van der Waals surface area (Å²) in [5.41, 5.74) is 6.36. The van der Waals surface area contributed by atoms with Crippen LogP contribution < -0.4 is 10.6 Å². The average molecular weight is 439 g/mol. The van der Waals surface area contributed by atoms with Crippen LogP contribution in [0.5, 0.6) is 0 Å². The fourth-order valence-corrected chi connectivity index (χ4v) is 3.33. The molecule has 7 heteroatoms. The Morgan fingerprint density at radius 3 is 2.16 bits per heavy atom. The number of hydrogen-bond acceptors (Lipinski definition) is 4. The second kappa shape index (κ2) is 10.6. The molecule has 1 amide bonds. The number of rotatable bonds is 9. The molecule has 2 aromatic carbocycles. The van der Waals surface area contributed by atoms with Gasteiger partial charge in [0.25, 0.3) is 0 Å². The Hall–Kier alpha value is -3.61. The van der Waals surface area contributed by atoms with Gasteiger partial charge in [-0.3, -0.25) is 9.59 Å². The molecule has 0 heterocycles. The van der Waals surface area contributed by atoms with Gasteiger partial charge in [-0.15, -0.1) is 0 Å². The molecule has 0 spiro atoms. The molecule has 0 bridgehead atoms. The number of carboxylic acids is 2. The van der Waals surface area contributed by atoms with Gasteiger partial charge in [0, 0.05) is 17.3 Å². The largest absolute Gasteiger partial charge is 0.481 e. The van der Waals surface area contributed by atoms with E-state index in [1.54, 1.807) is 13.0 Å². The van der Waals surface area contributed by atoms with Crippen LogP contribution in [0.3, 0.4) is 0 Å². The first-order valence-electron chi connectivity index (χ1n) is 10.4. The molecule has 32 heavy (non-hydrogen) atoms. The maximum atomic E-state index is 12.4. The highest BCUT2D eigenvalue weighted by atomic mass is 16.4.